The summed E-state index contributed by atoms with van der Waals surface area (Å²) in [5.41, 5.74) is 12.8. The Morgan fingerprint density at radius 3 is 2.55 bits per heavy atom. The molecule has 0 aliphatic carbocycles. The number of benzene rings is 2. The summed E-state index contributed by atoms with van der Waals surface area (Å²) in [4.78, 5) is 13.5. The number of methoxy groups -OCH3 is 2. The summed E-state index contributed by atoms with van der Waals surface area (Å²) in [5.74, 6) is 0.786. The van der Waals surface area contributed by atoms with E-state index in [0.717, 1.165) is 30.3 Å². The first-order chi connectivity index (χ1) is 18.1. The van der Waals surface area contributed by atoms with E-state index in [9.17, 15) is 13.2 Å². The SMILES string of the molecule is COc1ccc(S(=O)(=O)Nc2c(CCC(N)=O)c3ccccc3n2C[C@@H]2CCCN(C(=N)N)C2)cc1OC. The minimum atomic E-state index is -4.05. The zero-order valence-electron chi connectivity index (χ0n) is 21.6. The minimum Gasteiger partial charge on any atom is -0.493 e. The summed E-state index contributed by atoms with van der Waals surface area (Å²) < 4.78 is 42.6. The van der Waals surface area contributed by atoms with Crippen molar-refractivity contribution >= 4 is 38.6 Å². The molecule has 204 valence electrons. The van der Waals surface area contributed by atoms with Crippen LogP contribution in [0.4, 0.5) is 5.82 Å². The van der Waals surface area contributed by atoms with Crippen LogP contribution in [0.1, 0.15) is 24.8 Å². The number of anilines is 1. The van der Waals surface area contributed by atoms with Crippen molar-refractivity contribution in [2.75, 3.05) is 32.0 Å². The van der Waals surface area contributed by atoms with E-state index >= 15 is 0 Å². The van der Waals surface area contributed by atoms with Crippen molar-refractivity contribution in [3.8, 4) is 11.5 Å². The van der Waals surface area contributed by atoms with Crippen molar-refractivity contribution in [1.29, 1.82) is 5.41 Å². The number of amides is 1. The van der Waals surface area contributed by atoms with Gasteiger partial charge in [0.15, 0.2) is 17.5 Å². The largest absolute Gasteiger partial charge is 0.493 e. The van der Waals surface area contributed by atoms with Crippen LogP contribution in [0.2, 0.25) is 0 Å². The molecule has 1 fully saturated rings. The molecule has 2 heterocycles. The Balaban J connectivity index is 1.80. The number of para-hydroxylation sites is 1. The average Bonchev–Trinajstić information content (AvgIpc) is 3.18. The predicted molar refractivity (Wildman–Crippen MR) is 146 cm³/mol. The number of aromatic nitrogens is 1. The van der Waals surface area contributed by atoms with Gasteiger partial charge in [-0.1, -0.05) is 18.2 Å². The second kappa shape index (κ2) is 11.2. The van der Waals surface area contributed by atoms with Gasteiger partial charge in [0, 0.05) is 48.6 Å². The van der Waals surface area contributed by atoms with Crippen LogP contribution in [0.5, 0.6) is 11.5 Å². The molecule has 1 amide bonds. The Morgan fingerprint density at radius 1 is 1.13 bits per heavy atom. The summed E-state index contributed by atoms with van der Waals surface area (Å²) in [7, 11) is -1.14. The van der Waals surface area contributed by atoms with Crippen LogP contribution < -0.4 is 25.7 Å². The number of primary amides is 1. The zero-order valence-corrected chi connectivity index (χ0v) is 22.4. The summed E-state index contributed by atoms with van der Waals surface area (Å²) in [6.07, 6.45) is 2.14. The highest BCUT2D eigenvalue weighted by atomic mass is 32.2. The summed E-state index contributed by atoms with van der Waals surface area (Å²) in [6, 6.07) is 12.0. The number of piperidine rings is 1. The summed E-state index contributed by atoms with van der Waals surface area (Å²) >= 11 is 0. The maximum Gasteiger partial charge on any atom is 0.263 e. The van der Waals surface area contributed by atoms with Crippen molar-refractivity contribution in [1.82, 2.24) is 9.47 Å². The number of nitrogens with two attached hydrogens (primary N) is 2. The Bertz CT molecular complexity index is 1450. The molecule has 12 heteroatoms. The van der Waals surface area contributed by atoms with Crippen LogP contribution in [0.25, 0.3) is 10.9 Å². The molecule has 0 bridgehead atoms. The topological polar surface area (TPSA) is 166 Å². The number of nitrogens with one attached hydrogen (secondary N) is 2. The molecule has 0 saturated carbocycles. The molecule has 6 N–H and O–H groups in total. The van der Waals surface area contributed by atoms with Crippen molar-refractivity contribution in [3.05, 3.63) is 48.0 Å². The van der Waals surface area contributed by atoms with Gasteiger partial charge < -0.3 is 30.4 Å². The monoisotopic (exact) mass is 542 g/mol. The van der Waals surface area contributed by atoms with Crippen LogP contribution >= 0.6 is 0 Å². The number of nitrogens with zero attached hydrogens (tertiary/aromatic N) is 2. The lowest BCUT2D eigenvalue weighted by Gasteiger charge is -2.33. The molecular weight excluding hydrogens is 508 g/mol. The van der Waals surface area contributed by atoms with Crippen molar-refractivity contribution < 1.29 is 22.7 Å². The molecule has 4 rings (SSSR count). The van der Waals surface area contributed by atoms with Gasteiger partial charge in [0.1, 0.15) is 5.82 Å². The minimum absolute atomic E-state index is 0.00762. The number of ether oxygens (including phenoxy) is 2. The first-order valence-corrected chi connectivity index (χ1v) is 13.8. The Kier molecular flexibility index (Phi) is 8.00. The quantitative estimate of drug-likeness (QED) is 0.226. The van der Waals surface area contributed by atoms with E-state index in [0.29, 0.717) is 30.2 Å². The van der Waals surface area contributed by atoms with E-state index in [-0.39, 0.29) is 35.4 Å². The fourth-order valence-corrected chi connectivity index (χ4v) is 6.16. The number of aryl methyl sites for hydroxylation is 1. The Labute approximate surface area is 222 Å². The fourth-order valence-electron chi connectivity index (χ4n) is 5.04. The number of sulfonamides is 1. The van der Waals surface area contributed by atoms with Gasteiger partial charge in [-0.05, 0) is 43.4 Å². The van der Waals surface area contributed by atoms with Gasteiger partial charge in [0.05, 0.1) is 19.1 Å². The maximum absolute atomic E-state index is 13.7. The van der Waals surface area contributed by atoms with Gasteiger partial charge >= 0.3 is 0 Å². The van der Waals surface area contributed by atoms with E-state index in [1.807, 2.05) is 33.7 Å². The molecule has 0 radical (unpaired) electrons. The molecular formula is C26H34N6O5S. The lowest BCUT2D eigenvalue weighted by atomic mass is 9.98. The van der Waals surface area contributed by atoms with Gasteiger partial charge in [-0.3, -0.25) is 14.9 Å². The van der Waals surface area contributed by atoms with Crippen LogP contribution in [-0.4, -0.2) is 57.1 Å². The highest BCUT2D eigenvalue weighted by Crippen LogP contribution is 2.36. The lowest BCUT2D eigenvalue weighted by molar-refractivity contribution is -0.117. The van der Waals surface area contributed by atoms with E-state index in [4.69, 9.17) is 26.4 Å². The molecule has 1 saturated heterocycles. The molecule has 1 atom stereocenters. The highest BCUT2D eigenvalue weighted by molar-refractivity contribution is 7.92. The molecule has 0 unspecified atom stereocenters. The third kappa shape index (κ3) is 5.64. The number of likely N-dealkylation sites (tertiary alicyclic amines) is 1. The predicted octanol–water partition coefficient (Wildman–Crippen LogP) is 2.48. The molecule has 0 spiro atoms. The second-order valence-electron chi connectivity index (χ2n) is 9.38. The van der Waals surface area contributed by atoms with Crippen LogP contribution in [0.3, 0.4) is 0 Å². The van der Waals surface area contributed by atoms with E-state index < -0.39 is 15.9 Å². The van der Waals surface area contributed by atoms with Gasteiger partial charge in [0.2, 0.25) is 5.91 Å². The fraction of sp³-hybridized carbons (Fsp3) is 0.385. The third-order valence-corrected chi connectivity index (χ3v) is 8.23. The van der Waals surface area contributed by atoms with Gasteiger partial charge in [-0.25, -0.2) is 8.42 Å². The van der Waals surface area contributed by atoms with E-state index in [1.165, 1.54) is 32.4 Å². The van der Waals surface area contributed by atoms with Gasteiger partial charge in [-0.15, -0.1) is 0 Å². The van der Waals surface area contributed by atoms with E-state index in [1.54, 1.807) is 0 Å². The number of rotatable bonds is 10. The molecule has 1 aliphatic rings. The normalized spacial score (nSPS) is 15.8. The molecule has 38 heavy (non-hydrogen) atoms. The lowest BCUT2D eigenvalue weighted by Crippen LogP contribution is -2.44. The highest BCUT2D eigenvalue weighted by Gasteiger charge is 2.27. The van der Waals surface area contributed by atoms with Crippen LogP contribution in [0.15, 0.2) is 47.4 Å². The molecule has 1 aromatic heterocycles. The number of guanidine groups is 1. The number of fused-ring (bicyclic) bond motifs is 1. The Morgan fingerprint density at radius 2 is 1.87 bits per heavy atom. The number of hydrogen-bond donors (Lipinski definition) is 4. The zero-order chi connectivity index (χ0) is 27.4. The van der Waals surface area contributed by atoms with Crippen molar-refractivity contribution in [2.45, 2.75) is 37.1 Å². The first-order valence-electron chi connectivity index (χ1n) is 12.4. The van der Waals surface area contributed by atoms with Crippen LogP contribution in [-0.2, 0) is 27.8 Å². The van der Waals surface area contributed by atoms with E-state index in [2.05, 4.69) is 4.72 Å². The molecule has 1 aliphatic heterocycles. The van der Waals surface area contributed by atoms with Crippen molar-refractivity contribution in [2.24, 2.45) is 17.4 Å². The third-order valence-electron chi connectivity index (χ3n) is 6.89. The van der Waals surface area contributed by atoms with Crippen LogP contribution in [0, 0.1) is 11.3 Å². The summed E-state index contributed by atoms with van der Waals surface area (Å²) in [6.45, 7) is 1.83. The Hall–Kier alpha value is -3.93. The van der Waals surface area contributed by atoms with Crippen molar-refractivity contribution in [3.63, 3.8) is 0 Å². The number of hydrogen-bond acceptors (Lipinski definition) is 6. The standard InChI is InChI=1S/C26H34N6O5S/c1-36-22-11-9-18(14-23(22)37-2)38(34,35)30-25-20(10-12-24(27)33)19-7-3-4-8-21(19)32(25)16-17-6-5-13-31(15-17)26(28)29/h3-4,7-9,11,14,17,30H,5-6,10,12-13,15-16H2,1-2H3,(H2,27,33)(H3,28,29)/t17-/m1/s1. The molecule has 3 aromatic rings. The number of carbonyl (C=O) groups excluding carboxylic acids is 1. The molecule has 2 aromatic carbocycles. The van der Waals surface area contributed by atoms with Gasteiger partial charge in [0.25, 0.3) is 10.0 Å². The summed E-state index contributed by atoms with van der Waals surface area (Å²) in [5, 5.41) is 8.69. The van der Waals surface area contributed by atoms with Gasteiger partial charge in [-0.2, -0.15) is 0 Å². The average molecular weight is 543 g/mol. The molecule has 11 nitrogen and oxygen atoms in total. The number of carbonyl (C=O) groups is 1. The maximum atomic E-state index is 13.7. The second-order valence-corrected chi connectivity index (χ2v) is 11.1. The first kappa shape index (κ1) is 27.1. The smallest absolute Gasteiger partial charge is 0.263 e.